The predicted octanol–water partition coefficient (Wildman–Crippen LogP) is 1.70. The van der Waals surface area contributed by atoms with Crippen molar-refractivity contribution in [3.8, 4) is 5.75 Å². The lowest BCUT2D eigenvalue weighted by atomic mass is 10.0. The molecule has 8 nitrogen and oxygen atoms in total. The van der Waals surface area contributed by atoms with E-state index < -0.39 is 19.9 Å². The predicted molar refractivity (Wildman–Crippen MR) is 113 cm³/mol. The maximum atomic E-state index is 12.7. The number of fused-ring (bicyclic) bond motifs is 1. The number of hydrogen-bond acceptors (Lipinski definition) is 6. The lowest BCUT2D eigenvalue weighted by Gasteiger charge is -2.30. The van der Waals surface area contributed by atoms with Crippen molar-refractivity contribution >= 4 is 31.5 Å². The van der Waals surface area contributed by atoms with Crippen molar-refractivity contribution in [3.63, 3.8) is 0 Å². The molecule has 1 aliphatic heterocycles. The molecule has 0 saturated heterocycles. The molecule has 0 bridgehead atoms. The van der Waals surface area contributed by atoms with Crippen molar-refractivity contribution < 1.29 is 26.4 Å². The van der Waals surface area contributed by atoms with Gasteiger partial charge in [-0.1, -0.05) is 0 Å². The molecule has 0 fully saturated rings. The molecule has 3 rings (SSSR count). The van der Waals surface area contributed by atoms with Gasteiger partial charge in [-0.05, 0) is 60.9 Å². The molecule has 0 radical (unpaired) electrons. The van der Waals surface area contributed by atoms with Crippen LogP contribution < -0.4 is 9.64 Å². The van der Waals surface area contributed by atoms with E-state index in [-0.39, 0.29) is 22.3 Å². The number of nitrogens with zero attached hydrogens (tertiary/aromatic N) is 2. The molecule has 1 aliphatic rings. The van der Waals surface area contributed by atoms with Gasteiger partial charge in [-0.3, -0.25) is 4.79 Å². The molecule has 2 aromatic carbocycles. The Morgan fingerprint density at radius 3 is 2.27 bits per heavy atom. The van der Waals surface area contributed by atoms with Gasteiger partial charge >= 0.3 is 0 Å². The van der Waals surface area contributed by atoms with E-state index in [0.29, 0.717) is 30.8 Å². The maximum absolute atomic E-state index is 12.7. The molecule has 30 heavy (non-hydrogen) atoms. The molecule has 0 saturated carbocycles. The SMILES string of the molecule is CN(C)S(=O)(=O)c1ccc2c(c1)CCCN2C(=O)COc1ccc(S(C)(=O)=O)cc1. The van der Waals surface area contributed by atoms with Crippen LogP contribution in [0.5, 0.6) is 5.75 Å². The fraction of sp³-hybridized carbons (Fsp3) is 0.350. The van der Waals surface area contributed by atoms with E-state index in [1.54, 1.807) is 17.0 Å². The Morgan fingerprint density at radius 1 is 1.03 bits per heavy atom. The van der Waals surface area contributed by atoms with E-state index in [4.69, 9.17) is 4.74 Å². The number of carbonyl (C=O) groups excluding carboxylic acids is 1. The summed E-state index contributed by atoms with van der Waals surface area (Å²) < 4.78 is 54.4. The van der Waals surface area contributed by atoms with Crippen LogP contribution in [0.25, 0.3) is 0 Å². The van der Waals surface area contributed by atoms with Crippen LogP contribution in [0.4, 0.5) is 5.69 Å². The van der Waals surface area contributed by atoms with Crippen LogP contribution in [0.3, 0.4) is 0 Å². The normalized spacial score (nSPS) is 14.5. The minimum Gasteiger partial charge on any atom is -0.484 e. The van der Waals surface area contributed by atoms with Crippen molar-refractivity contribution in [1.82, 2.24) is 4.31 Å². The largest absolute Gasteiger partial charge is 0.484 e. The second-order valence-corrected chi connectivity index (χ2v) is 11.4. The summed E-state index contributed by atoms with van der Waals surface area (Å²) in [5.74, 6) is 0.131. The van der Waals surface area contributed by atoms with Gasteiger partial charge in [0.2, 0.25) is 10.0 Å². The van der Waals surface area contributed by atoms with Gasteiger partial charge < -0.3 is 9.64 Å². The smallest absolute Gasteiger partial charge is 0.264 e. The number of anilines is 1. The first-order valence-corrected chi connectivity index (χ1v) is 12.6. The molecule has 10 heteroatoms. The molecule has 0 unspecified atom stereocenters. The quantitative estimate of drug-likeness (QED) is 0.661. The van der Waals surface area contributed by atoms with Crippen molar-refractivity contribution in [1.29, 1.82) is 0 Å². The summed E-state index contributed by atoms with van der Waals surface area (Å²) in [5, 5.41) is 0. The molecule has 0 N–H and O–H groups in total. The summed E-state index contributed by atoms with van der Waals surface area (Å²) in [6.07, 6.45) is 2.52. The minimum atomic E-state index is -3.55. The number of hydrogen-bond donors (Lipinski definition) is 0. The van der Waals surface area contributed by atoms with Crippen LogP contribution in [0.1, 0.15) is 12.0 Å². The van der Waals surface area contributed by atoms with E-state index in [1.807, 2.05) is 0 Å². The monoisotopic (exact) mass is 452 g/mol. The van der Waals surface area contributed by atoms with Gasteiger partial charge in [0, 0.05) is 32.6 Å². The first kappa shape index (κ1) is 22.3. The number of aryl methyl sites for hydroxylation is 1. The average molecular weight is 453 g/mol. The molecule has 0 aliphatic carbocycles. The van der Waals surface area contributed by atoms with Gasteiger partial charge in [-0.25, -0.2) is 21.1 Å². The third kappa shape index (κ3) is 4.66. The zero-order valence-electron chi connectivity index (χ0n) is 17.0. The first-order chi connectivity index (χ1) is 14.0. The van der Waals surface area contributed by atoms with Crippen molar-refractivity contribution in [3.05, 3.63) is 48.0 Å². The van der Waals surface area contributed by atoms with Crippen molar-refractivity contribution in [2.45, 2.75) is 22.6 Å². The van der Waals surface area contributed by atoms with Gasteiger partial charge in [-0.15, -0.1) is 0 Å². The van der Waals surface area contributed by atoms with E-state index in [1.165, 1.54) is 44.4 Å². The van der Waals surface area contributed by atoms with Crippen LogP contribution in [0.15, 0.2) is 52.3 Å². The number of sulfone groups is 1. The summed E-state index contributed by atoms with van der Waals surface area (Å²) in [6, 6.07) is 10.7. The van der Waals surface area contributed by atoms with Gasteiger partial charge in [0.05, 0.1) is 9.79 Å². The van der Waals surface area contributed by atoms with Crippen LogP contribution in [0, 0.1) is 0 Å². The number of sulfonamides is 1. The van der Waals surface area contributed by atoms with Crippen molar-refractivity contribution in [2.24, 2.45) is 0 Å². The topological polar surface area (TPSA) is 101 Å². The fourth-order valence-corrected chi connectivity index (χ4v) is 4.79. The third-order valence-electron chi connectivity index (χ3n) is 4.86. The maximum Gasteiger partial charge on any atom is 0.264 e. The number of amides is 1. The molecular weight excluding hydrogens is 428 g/mol. The van der Waals surface area contributed by atoms with Gasteiger partial charge in [0.15, 0.2) is 16.4 Å². The van der Waals surface area contributed by atoms with E-state index in [2.05, 4.69) is 0 Å². The Morgan fingerprint density at radius 2 is 1.67 bits per heavy atom. The van der Waals surface area contributed by atoms with Gasteiger partial charge in [0.25, 0.3) is 5.91 Å². The molecule has 0 aromatic heterocycles. The van der Waals surface area contributed by atoms with Crippen LogP contribution in [-0.2, 0) is 31.1 Å². The molecule has 0 spiro atoms. The Bertz CT molecular complexity index is 1160. The summed E-state index contributed by atoms with van der Waals surface area (Å²) in [5.41, 5.74) is 1.48. The number of carbonyl (C=O) groups is 1. The van der Waals surface area contributed by atoms with Crippen molar-refractivity contribution in [2.75, 3.05) is 38.4 Å². The highest BCUT2D eigenvalue weighted by atomic mass is 32.2. The third-order valence-corrected chi connectivity index (χ3v) is 7.80. The molecule has 1 amide bonds. The lowest BCUT2D eigenvalue weighted by molar-refractivity contribution is -0.120. The summed E-state index contributed by atoms with van der Waals surface area (Å²) in [7, 11) is -3.89. The summed E-state index contributed by atoms with van der Waals surface area (Å²) in [4.78, 5) is 14.7. The van der Waals surface area contributed by atoms with Crippen LogP contribution >= 0.6 is 0 Å². The highest BCUT2D eigenvalue weighted by molar-refractivity contribution is 7.90. The zero-order chi connectivity index (χ0) is 22.1. The molecule has 162 valence electrons. The Balaban J connectivity index is 1.74. The Hall–Kier alpha value is -2.43. The lowest BCUT2D eigenvalue weighted by Crippen LogP contribution is -2.38. The summed E-state index contributed by atoms with van der Waals surface area (Å²) in [6.45, 7) is 0.303. The van der Waals surface area contributed by atoms with E-state index >= 15 is 0 Å². The standard InChI is InChI=1S/C20H24N2O6S2/c1-21(2)30(26,27)18-10-11-19-15(13-18)5-4-12-22(19)20(23)14-28-16-6-8-17(9-7-16)29(3,24)25/h6-11,13H,4-5,12,14H2,1-3H3. The second-order valence-electron chi connectivity index (χ2n) is 7.26. The van der Waals surface area contributed by atoms with E-state index in [9.17, 15) is 21.6 Å². The number of benzene rings is 2. The highest BCUT2D eigenvalue weighted by Crippen LogP contribution is 2.30. The fourth-order valence-electron chi connectivity index (χ4n) is 3.21. The number of rotatable bonds is 6. The molecule has 0 atom stereocenters. The molecule has 1 heterocycles. The highest BCUT2D eigenvalue weighted by Gasteiger charge is 2.26. The Labute approximate surface area is 177 Å². The van der Waals surface area contributed by atoms with Gasteiger partial charge in [-0.2, -0.15) is 0 Å². The van der Waals surface area contributed by atoms with Crippen LogP contribution in [0.2, 0.25) is 0 Å². The zero-order valence-corrected chi connectivity index (χ0v) is 18.7. The summed E-state index contributed by atoms with van der Waals surface area (Å²) >= 11 is 0. The Kier molecular flexibility index (Phi) is 6.21. The number of ether oxygens (including phenoxy) is 1. The minimum absolute atomic E-state index is 0.176. The first-order valence-electron chi connectivity index (χ1n) is 9.29. The van der Waals surface area contributed by atoms with E-state index in [0.717, 1.165) is 16.1 Å². The van der Waals surface area contributed by atoms with Crippen LogP contribution in [-0.4, -0.2) is 60.6 Å². The molecular formula is C20H24N2O6S2. The second kappa shape index (κ2) is 8.37. The molecule has 2 aromatic rings. The average Bonchev–Trinajstić information content (AvgIpc) is 2.70. The van der Waals surface area contributed by atoms with Gasteiger partial charge in [0.1, 0.15) is 5.75 Å².